The molecule has 2 nitrogen and oxygen atoms in total. The molecule has 2 rings (SSSR count). The van der Waals surface area contributed by atoms with Gasteiger partial charge in [0, 0.05) is 17.3 Å². The molecular formula is C14H6F9NO. The van der Waals surface area contributed by atoms with E-state index in [1.807, 2.05) is 0 Å². The summed E-state index contributed by atoms with van der Waals surface area (Å²) in [5.41, 5.74) is -5.28. The van der Waals surface area contributed by atoms with Crippen molar-refractivity contribution in [3.63, 3.8) is 0 Å². The highest BCUT2D eigenvalue weighted by atomic mass is 19.4. The van der Waals surface area contributed by atoms with Crippen LogP contribution in [-0.4, -0.2) is 11.3 Å². The van der Waals surface area contributed by atoms with Crippen molar-refractivity contribution in [3.8, 4) is 16.9 Å². The first-order valence-corrected chi connectivity index (χ1v) is 6.28. The molecule has 2 aromatic rings. The Bertz CT molecular complexity index is 762. The maximum Gasteiger partial charge on any atom is 0.573 e. The third-order valence-electron chi connectivity index (χ3n) is 2.90. The highest BCUT2D eigenvalue weighted by Gasteiger charge is 2.40. The Balaban J connectivity index is 2.68. The molecule has 0 fully saturated rings. The predicted octanol–water partition coefficient (Wildman–Crippen LogP) is 5.68. The summed E-state index contributed by atoms with van der Waals surface area (Å²) in [5, 5.41) is 0. The molecule has 0 atom stereocenters. The minimum Gasteiger partial charge on any atom is -0.405 e. The molecule has 1 aromatic heterocycles. The summed E-state index contributed by atoms with van der Waals surface area (Å²) in [5.74, 6) is -0.998. The lowest BCUT2D eigenvalue weighted by Crippen LogP contribution is -2.18. The number of nitrogens with zero attached hydrogens (tertiary/aromatic N) is 1. The molecule has 1 aromatic carbocycles. The smallest absolute Gasteiger partial charge is 0.405 e. The van der Waals surface area contributed by atoms with Gasteiger partial charge in [-0.25, -0.2) is 0 Å². The van der Waals surface area contributed by atoms with Gasteiger partial charge in [-0.2, -0.15) is 26.3 Å². The predicted molar refractivity (Wildman–Crippen MR) is 66.4 cm³/mol. The Morgan fingerprint density at radius 2 is 1.36 bits per heavy atom. The number of pyridine rings is 1. The molecule has 0 saturated carbocycles. The molecule has 0 aliphatic heterocycles. The van der Waals surface area contributed by atoms with Gasteiger partial charge in [0.2, 0.25) is 0 Å². The molecule has 0 aliphatic rings. The van der Waals surface area contributed by atoms with Crippen LogP contribution >= 0.6 is 0 Å². The van der Waals surface area contributed by atoms with E-state index in [4.69, 9.17) is 0 Å². The number of rotatable bonds is 2. The molecular weight excluding hydrogens is 369 g/mol. The summed E-state index contributed by atoms with van der Waals surface area (Å²) in [4.78, 5) is 2.88. The van der Waals surface area contributed by atoms with Crippen LogP contribution in [0.25, 0.3) is 11.1 Å². The first-order chi connectivity index (χ1) is 11.3. The fourth-order valence-corrected chi connectivity index (χ4v) is 1.96. The van der Waals surface area contributed by atoms with Gasteiger partial charge in [-0.05, 0) is 12.1 Å². The SMILES string of the molecule is FC(F)(F)Oc1ccccc1-c1cnc(C(F)(F)F)cc1C(F)(F)F. The zero-order valence-corrected chi connectivity index (χ0v) is 11.7. The van der Waals surface area contributed by atoms with Crippen molar-refractivity contribution in [2.75, 3.05) is 0 Å². The van der Waals surface area contributed by atoms with Crippen molar-refractivity contribution in [2.45, 2.75) is 18.7 Å². The molecule has 0 N–H and O–H groups in total. The number of para-hydroxylation sites is 1. The molecule has 136 valence electrons. The van der Waals surface area contributed by atoms with E-state index in [1.165, 1.54) is 0 Å². The fraction of sp³-hybridized carbons (Fsp3) is 0.214. The van der Waals surface area contributed by atoms with Gasteiger partial charge in [-0.1, -0.05) is 18.2 Å². The topological polar surface area (TPSA) is 22.1 Å². The third kappa shape index (κ3) is 4.54. The van der Waals surface area contributed by atoms with Gasteiger partial charge >= 0.3 is 18.7 Å². The second kappa shape index (κ2) is 6.12. The van der Waals surface area contributed by atoms with Crippen molar-refractivity contribution in [3.05, 3.63) is 47.8 Å². The molecule has 1 heterocycles. The van der Waals surface area contributed by atoms with E-state index in [2.05, 4.69) is 9.72 Å². The van der Waals surface area contributed by atoms with Crippen LogP contribution in [0.4, 0.5) is 39.5 Å². The molecule has 0 spiro atoms. The van der Waals surface area contributed by atoms with Gasteiger partial charge < -0.3 is 4.74 Å². The van der Waals surface area contributed by atoms with Crippen LogP contribution in [0.3, 0.4) is 0 Å². The molecule has 11 heteroatoms. The van der Waals surface area contributed by atoms with E-state index >= 15 is 0 Å². The van der Waals surface area contributed by atoms with E-state index in [1.54, 1.807) is 0 Å². The Hall–Kier alpha value is -2.46. The van der Waals surface area contributed by atoms with Crippen LogP contribution in [0.5, 0.6) is 5.75 Å². The van der Waals surface area contributed by atoms with Crippen LogP contribution in [0.15, 0.2) is 36.5 Å². The maximum atomic E-state index is 13.1. The zero-order chi connectivity index (χ0) is 19.0. The van der Waals surface area contributed by atoms with Crippen LogP contribution in [0, 0.1) is 0 Å². The number of aromatic nitrogens is 1. The number of halogens is 9. The van der Waals surface area contributed by atoms with Crippen molar-refractivity contribution in [1.29, 1.82) is 0 Å². The van der Waals surface area contributed by atoms with E-state index in [9.17, 15) is 39.5 Å². The van der Waals surface area contributed by atoms with Crippen LogP contribution in [-0.2, 0) is 12.4 Å². The van der Waals surface area contributed by atoms with Crippen LogP contribution < -0.4 is 4.74 Å². The number of ether oxygens (including phenoxy) is 1. The molecule has 0 aliphatic carbocycles. The molecule has 25 heavy (non-hydrogen) atoms. The Kier molecular flexibility index (Phi) is 4.62. The summed E-state index contributed by atoms with van der Waals surface area (Å²) >= 11 is 0. The van der Waals surface area contributed by atoms with Crippen LogP contribution in [0.2, 0.25) is 0 Å². The normalized spacial score (nSPS) is 13.0. The Labute approximate surface area is 133 Å². The lowest BCUT2D eigenvalue weighted by atomic mass is 9.99. The summed E-state index contributed by atoms with van der Waals surface area (Å²) in [7, 11) is 0. The molecule has 0 amide bonds. The van der Waals surface area contributed by atoms with Gasteiger partial charge in [-0.15, -0.1) is 13.2 Å². The van der Waals surface area contributed by atoms with E-state index in [0.717, 1.165) is 24.3 Å². The van der Waals surface area contributed by atoms with Crippen molar-refractivity contribution < 1.29 is 44.3 Å². The molecule has 0 bridgehead atoms. The zero-order valence-electron chi connectivity index (χ0n) is 11.7. The Morgan fingerprint density at radius 1 is 0.760 bits per heavy atom. The lowest BCUT2D eigenvalue weighted by Gasteiger charge is -2.18. The van der Waals surface area contributed by atoms with Gasteiger partial charge in [0.25, 0.3) is 0 Å². The van der Waals surface area contributed by atoms with E-state index < -0.39 is 46.8 Å². The third-order valence-corrected chi connectivity index (χ3v) is 2.90. The van der Waals surface area contributed by atoms with E-state index in [-0.39, 0.29) is 12.3 Å². The van der Waals surface area contributed by atoms with Crippen molar-refractivity contribution in [2.24, 2.45) is 0 Å². The monoisotopic (exact) mass is 375 g/mol. The first kappa shape index (κ1) is 18.9. The number of alkyl halides is 9. The lowest BCUT2D eigenvalue weighted by molar-refractivity contribution is -0.274. The summed E-state index contributed by atoms with van der Waals surface area (Å²) in [6, 6.07) is 3.49. The van der Waals surface area contributed by atoms with Gasteiger partial charge in [0.05, 0.1) is 5.56 Å². The second-order valence-corrected chi connectivity index (χ2v) is 4.65. The van der Waals surface area contributed by atoms with E-state index in [0.29, 0.717) is 0 Å². The first-order valence-electron chi connectivity index (χ1n) is 6.28. The summed E-state index contributed by atoms with van der Waals surface area (Å²) in [6.45, 7) is 0. The number of hydrogen-bond donors (Lipinski definition) is 0. The maximum absolute atomic E-state index is 13.1. The highest BCUT2D eigenvalue weighted by Crippen LogP contribution is 2.43. The van der Waals surface area contributed by atoms with Crippen molar-refractivity contribution >= 4 is 0 Å². The average molecular weight is 375 g/mol. The summed E-state index contributed by atoms with van der Waals surface area (Å²) in [6.07, 6.45) is -15.4. The second-order valence-electron chi connectivity index (χ2n) is 4.65. The minimum atomic E-state index is -5.26. The molecule has 0 unspecified atom stereocenters. The highest BCUT2D eigenvalue weighted by molar-refractivity contribution is 5.73. The number of benzene rings is 1. The van der Waals surface area contributed by atoms with Gasteiger partial charge in [-0.3, -0.25) is 4.98 Å². The average Bonchev–Trinajstić information content (AvgIpc) is 2.43. The minimum absolute atomic E-state index is 0.213. The largest absolute Gasteiger partial charge is 0.573 e. The Morgan fingerprint density at radius 3 is 1.88 bits per heavy atom. The molecule has 0 radical (unpaired) electrons. The quantitative estimate of drug-likeness (QED) is 0.630. The fourth-order valence-electron chi connectivity index (χ4n) is 1.96. The number of hydrogen-bond acceptors (Lipinski definition) is 2. The van der Waals surface area contributed by atoms with Gasteiger partial charge in [0.1, 0.15) is 11.4 Å². The standard InChI is InChI=1S/C14H6F9NO/c15-12(16,17)9-5-11(13(18,19)20)24-6-8(9)7-3-1-2-4-10(7)25-14(21,22)23/h1-6H. The van der Waals surface area contributed by atoms with Crippen LogP contribution in [0.1, 0.15) is 11.3 Å². The van der Waals surface area contributed by atoms with Crippen molar-refractivity contribution in [1.82, 2.24) is 4.98 Å². The summed E-state index contributed by atoms with van der Waals surface area (Å²) < 4.78 is 118. The molecule has 0 saturated heterocycles. The van der Waals surface area contributed by atoms with Gasteiger partial charge in [0.15, 0.2) is 0 Å².